The van der Waals surface area contributed by atoms with Crippen LogP contribution in [0.15, 0.2) is 39.5 Å². The second kappa shape index (κ2) is 10.1. The van der Waals surface area contributed by atoms with Crippen LogP contribution in [0.5, 0.6) is 17.2 Å². The summed E-state index contributed by atoms with van der Waals surface area (Å²) in [5.74, 6) is -5.49. The van der Waals surface area contributed by atoms with Crippen LogP contribution in [0.3, 0.4) is 0 Å². The maximum atomic E-state index is 14.3. The predicted octanol–water partition coefficient (Wildman–Crippen LogP) is 3.76. The maximum absolute atomic E-state index is 14.3. The molecular formula is C35H29NO12. The summed E-state index contributed by atoms with van der Waals surface area (Å²) in [5, 5.41) is 22.0. The lowest BCUT2D eigenvalue weighted by molar-refractivity contribution is -0.154. The SMILES string of the molecule is COc1cc2oc3c(c(=O)c2cc1O)C(=O)c1c(ccc2cc4c(c(O)c12)C(=O)N1C(C)(C4)OC(=O)C1(C)COC(=O)CC(C)C)C3=O. The van der Waals surface area contributed by atoms with Gasteiger partial charge < -0.3 is 28.8 Å². The number of ketones is 2. The number of fused-ring (bicyclic) bond motifs is 7. The van der Waals surface area contributed by atoms with Crippen molar-refractivity contribution in [2.75, 3.05) is 13.7 Å². The lowest BCUT2D eigenvalue weighted by atomic mass is 9.80. The van der Waals surface area contributed by atoms with E-state index >= 15 is 0 Å². The quantitative estimate of drug-likeness (QED) is 0.262. The second-order valence-electron chi connectivity index (χ2n) is 13.1. The Bertz CT molecular complexity index is 2270. The fourth-order valence-electron chi connectivity index (χ4n) is 7.05. The van der Waals surface area contributed by atoms with Gasteiger partial charge in [0.1, 0.15) is 23.5 Å². The van der Waals surface area contributed by atoms with Gasteiger partial charge in [-0.25, -0.2) is 4.79 Å². The molecule has 2 aliphatic heterocycles. The van der Waals surface area contributed by atoms with Crippen LogP contribution in [0, 0.1) is 5.92 Å². The largest absolute Gasteiger partial charge is 0.506 e. The van der Waals surface area contributed by atoms with Crippen LogP contribution in [0.25, 0.3) is 21.7 Å². The molecule has 1 aromatic heterocycles. The molecule has 4 aromatic rings. The Morgan fingerprint density at radius 3 is 2.42 bits per heavy atom. The summed E-state index contributed by atoms with van der Waals surface area (Å²) in [6.07, 6.45) is 0.0462. The molecule has 2 N–H and O–H groups in total. The van der Waals surface area contributed by atoms with E-state index in [9.17, 15) is 39.0 Å². The summed E-state index contributed by atoms with van der Waals surface area (Å²) in [6, 6.07) is 6.70. The summed E-state index contributed by atoms with van der Waals surface area (Å²) < 4.78 is 21.9. The zero-order valence-corrected chi connectivity index (χ0v) is 26.5. The zero-order chi connectivity index (χ0) is 34.6. The van der Waals surface area contributed by atoms with Crippen LogP contribution in [0.1, 0.15) is 82.1 Å². The molecule has 2 atom stereocenters. The summed E-state index contributed by atoms with van der Waals surface area (Å²) in [7, 11) is 1.29. The van der Waals surface area contributed by atoms with Crippen molar-refractivity contribution >= 4 is 51.2 Å². The topological polar surface area (TPSA) is 187 Å². The van der Waals surface area contributed by atoms with Gasteiger partial charge in [0.25, 0.3) is 5.91 Å². The number of carbonyl (C=O) groups is 5. The average Bonchev–Trinajstić information content (AvgIpc) is 3.22. The molecule has 1 saturated heterocycles. The van der Waals surface area contributed by atoms with Crippen LogP contribution in [-0.4, -0.2) is 69.5 Å². The number of esters is 2. The number of hydrogen-bond donors (Lipinski definition) is 2. The van der Waals surface area contributed by atoms with E-state index < -0.39 is 75.5 Å². The number of phenols is 2. The molecule has 1 aliphatic carbocycles. The minimum atomic E-state index is -1.74. The number of amides is 1. The number of aromatic hydroxyl groups is 2. The average molecular weight is 656 g/mol. The van der Waals surface area contributed by atoms with E-state index in [4.69, 9.17) is 18.6 Å². The first kappa shape index (κ1) is 30.9. The molecule has 1 amide bonds. The highest BCUT2D eigenvalue weighted by Crippen LogP contribution is 2.48. The van der Waals surface area contributed by atoms with Crippen molar-refractivity contribution in [2.45, 2.75) is 51.8 Å². The number of nitrogens with zero attached hydrogens (tertiary/aromatic N) is 1. The molecule has 3 heterocycles. The zero-order valence-electron chi connectivity index (χ0n) is 26.5. The Kier molecular flexibility index (Phi) is 6.53. The molecule has 3 aliphatic rings. The molecule has 0 saturated carbocycles. The molecule has 1 fully saturated rings. The summed E-state index contributed by atoms with van der Waals surface area (Å²) in [6.45, 7) is 6.11. The number of methoxy groups -OCH3 is 1. The number of phenolic OH excluding ortho intramolecular Hbond substituents is 2. The molecule has 0 spiro atoms. The van der Waals surface area contributed by atoms with Crippen molar-refractivity contribution < 1.29 is 52.8 Å². The van der Waals surface area contributed by atoms with Gasteiger partial charge in [-0.05, 0) is 48.9 Å². The number of hydrogen-bond acceptors (Lipinski definition) is 12. The second-order valence-corrected chi connectivity index (χ2v) is 13.1. The number of ether oxygens (including phenoxy) is 3. The Hall–Kier alpha value is -5.72. The Morgan fingerprint density at radius 1 is 1.00 bits per heavy atom. The fraction of sp³-hybridized carbons (Fsp3) is 0.314. The molecule has 7 rings (SSSR count). The normalized spacial score (nSPS) is 21.2. The minimum absolute atomic E-state index is 0.00642. The molecule has 0 radical (unpaired) electrons. The van der Waals surface area contributed by atoms with E-state index in [0.29, 0.717) is 5.56 Å². The van der Waals surface area contributed by atoms with Crippen LogP contribution in [0.4, 0.5) is 0 Å². The first-order chi connectivity index (χ1) is 22.6. The molecule has 246 valence electrons. The first-order valence-corrected chi connectivity index (χ1v) is 15.1. The summed E-state index contributed by atoms with van der Waals surface area (Å²) in [4.78, 5) is 82.6. The molecule has 3 aromatic carbocycles. The van der Waals surface area contributed by atoms with E-state index in [1.165, 1.54) is 39.2 Å². The van der Waals surface area contributed by atoms with Gasteiger partial charge in [-0.15, -0.1) is 0 Å². The van der Waals surface area contributed by atoms with Crippen molar-refractivity contribution in [1.82, 2.24) is 4.90 Å². The molecule has 13 heteroatoms. The van der Waals surface area contributed by atoms with Gasteiger partial charge in [0.05, 0.1) is 18.1 Å². The van der Waals surface area contributed by atoms with Crippen molar-refractivity contribution in [2.24, 2.45) is 5.92 Å². The van der Waals surface area contributed by atoms with E-state index in [2.05, 4.69) is 0 Å². The third-order valence-electron chi connectivity index (χ3n) is 9.20. The standard InChI is InChI=1S/C35H29NO12/c1-14(2)8-22(38)46-13-34(3)33(44)48-35(4)12-16-9-15-6-7-17-25(23(15)29(41)24(16)32(43)36(34)35)30(42)26-27(39)18-10-19(37)21(45-5)11-20(18)47-31(26)28(17)40/h6-7,9-11,14,37,41H,8,12-13H2,1-5H3. The van der Waals surface area contributed by atoms with Gasteiger partial charge in [-0.2, -0.15) is 0 Å². The summed E-state index contributed by atoms with van der Waals surface area (Å²) in [5.41, 5.74) is -5.21. The molecule has 0 bridgehead atoms. The third-order valence-corrected chi connectivity index (χ3v) is 9.20. The van der Waals surface area contributed by atoms with Gasteiger partial charge in [0.15, 0.2) is 28.5 Å². The van der Waals surface area contributed by atoms with E-state index in [1.807, 2.05) is 13.8 Å². The predicted molar refractivity (Wildman–Crippen MR) is 166 cm³/mol. The smallest absolute Gasteiger partial charge is 0.337 e. The number of rotatable bonds is 5. The van der Waals surface area contributed by atoms with E-state index in [-0.39, 0.29) is 62.9 Å². The summed E-state index contributed by atoms with van der Waals surface area (Å²) >= 11 is 0. The highest BCUT2D eigenvalue weighted by atomic mass is 16.6. The fourth-order valence-corrected chi connectivity index (χ4v) is 7.05. The maximum Gasteiger partial charge on any atom is 0.337 e. The number of benzene rings is 3. The van der Waals surface area contributed by atoms with Crippen molar-refractivity contribution in [1.29, 1.82) is 0 Å². The van der Waals surface area contributed by atoms with Crippen LogP contribution in [-0.2, 0) is 25.5 Å². The van der Waals surface area contributed by atoms with Crippen molar-refractivity contribution in [3.05, 3.63) is 74.1 Å². The van der Waals surface area contributed by atoms with Crippen LogP contribution >= 0.6 is 0 Å². The van der Waals surface area contributed by atoms with Crippen molar-refractivity contribution in [3.8, 4) is 17.2 Å². The van der Waals surface area contributed by atoms with Gasteiger partial charge in [-0.3, -0.25) is 28.9 Å². The van der Waals surface area contributed by atoms with Gasteiger partial charge in [0.2, 0.25) is 17.0 Å². The van der Waals surface area contributed by atoms with Gasteiger partial charge >= 0.3 is 11.9 Å². The van der Waals surface area contributed by atoms with E-state index in [0.717, 1.165) is 11.0 Å². The van der Waals surface area contributed by atoms with Crippen molar-refractivity contribution in [3.63, 3.8) is 0 Å². The molecular weight excluding hydrogens is 626 g/mol. The number of carbonyl (C=O) groups excluding carboxylic acids is 5. The van der Waals surface area contributed by atoms with Gasteiger partial charge in [-0.1, -0.05) is 19.9 Å². The van der Waals surface area contributed by atoms with Gasteiger partial charge in [0, 0.05) is 35.4 Å². The Labute approximate surface area is 271 Å². The minimum Gasteiger partial charge on any atom is -0.506 e. The monoisotopic (exact) mass is 655 g/mol. The molecule has 2 unspecified atom stereocenters. The Morgan fingerprint density at radius 2 is 1.73 bits per heavy atom. The van der Waals surface area contributed by atoms with E-state index in [1.54, 1.807) is 6.07 Å². The van der Waals surface area contributed by atoms with Crippen LogP contribution < -0.4 is 10.2 Å². The lowest BCUT2D eigenvalue weighted by Crippen LogP contribution is -2.61. The first-order valence-electron chi connectivity index (χ1n) is 15.1. The highest BCUT2D eigenvalue weighted by Gasteiger charge is 2.64. The molecule has 48 heavy (non-hydrogen) atoms. The van der Waals surface area contributed by atoms with Crippen LogP contribution in [0.2, 0.25) is 0 Å². The third kappa shape index (κ3) is 4.09. The highest BCUT2D eigenvalue weighted by molar-refractivity contribution is 6.32. The Balaban J connectivity index is 1.38. The molecule has 13 nitrogen and oxygen atoms in total. The lowest BCUT2D eigenvalue weighted by Gasteiger charge is -2.42.